The average Bonchev–Trinajstić information content (AvgIpc) is 3.01. The molecule has 0 fully saturated rings. The number of aryl methyl sites for hydroxylation is 2. The Morgan fingerprint density at radius 3 is 2.86 bits per heavy atom. The molecule has 0 bridgehead atoms. The number of thiazole rings is 1. The maximum absolute atomic E-state index is 11.9. The molecule has 0 spiro atoms. The minimum Gasteiger partial charge on any atom is -0.466 e. The van der Waals surface area contributed by atoms with Crippen LogP contribution < -0.4 is 0 Å². The molecule has 0 radical (unpaired) electrons. The van der Waals surface area contributed by atoms with Crippen LogP contribution in [0.25, 0.3) is 10.2 Å². The Labute approximate surface area is 126 Å². The smallest absolute Gasteiger partial charge is 0.341 e. The van der Waals surface area contributed by atoms with Gasteiger partial charge in [-0.15, -0.1) is 11.3 Å². The van der Waals surface area contributed by atoms with E-state index >= 15 is 0 Å². The summed E-state index contributed by atoms with van der Waals surface area (Å²) in [6.45, 7) is 3.89. The van der Waals surface area contributed by atoms with E-state index in [1.807, 2.05) is 31.2 Å². The first-order valence-corrected chi connectivity index (χ1v) is 7.54. The van der Waals surface area contributed by atoms with E-state index in [-0.39, 0.29) is 5.97 Å². The number of ether oxygens (including phenoxy) is 1. The number of carbonyl (C=O) groups is 1. The highest BCUT2D eigenvalue weighted by Gasteiger charge is 2.15. The lowest BCUT2D eigenvalue weighted by molar-refractivity contribution is 0.0507. The normalized spacial score (nSPS) is 11.0. The van der Waals surface area contributed by atoms with Crippen LogP contribution in [0, 0.1) is 13.8 Å². The van der Waals surface area contributed by atoms with E-state index < -0.39 is 0 Å². The lowest BCUT2D eigenvalue weighted by Gasteiger charge is -2.01. The van der Waals surface area contributed by atoms with Crippen LogP contribution in [0.4, 0.5) is 0 Å². The summed E-state index contributed by atoms with van der Waals surface area (Å²) in [7, 11) is 0. The van der Waals surface area contributed by atoms with Gasteiger partial charge in [0, 0.05) is 6.42 Å². The van der Waals surface area contributed by atoms with E-state index in [0.29, 0.717) is 30.1 Å². The molecule has 0 amide bonds. The molecule has 0 atom stereocenters. The van der Waals surface area contributed by atoms with Crippen molar-refractivity contribution in [2.24, 2.45) is 0 Å². The van der Waals surface area contributed by atoms with Gasteiger partial charge in [0.15, 0.2) is 0 Å². The average molecular weight is 301 g/mol. The number of benzene rings is 1. The third kappa shape index (κ3) is 2.97. The minimum absolute atomic E-state index is 0.322. The highest BCUT2D eigenvalue weighted by atomic mass is 32.1. The number of aromatic nitrogens is 1. The second-order valence-corrected chi connectivity index (χ2v) is 5.90. The van der Waals surface area contributed by atoms with Crippen molar-refractivity contribution >= 4 is 27.5 Å². The Bertz CT molecular complexity index is 755. The monoisotopic (exact) mass is 301 g/mol. The summed E-state index contributed by atoms with van der Waals surface area (Å²) in [6.07, 6.45) is 0.626. The molecule has 108 valence electrons. The fraction of sp³-hybridized carbons (Fsp3) is 0.250. The Morgan fingerprint density at radius 1 is 1.33 bits per heavy atom. The minimum atomic E-state index is -0.342. The summed E-state index contributed by atoms with van der Waals surface area (Å²) in [5.74, 6) is 0.966. The van der Waals surface area contributed by atoms with Gasteiger partial charge in [-0.1, -0.05) is 12.1 Å². The second-order valence-electron chi connectivity index (χ2n) is 4.79. The Hall–Kier alpha value is -2.14. The lowest BCUT2D eigenvalue weighted by atomic mass is 10.2. The summed E-state index contributed by atoms with van der Waals surface area (Å²) >= 11 is 1.63. The molecule has 0 saturated heterocycles. The van der Waals surface area contributed by atoms with E-state index in [4.69, 9.17) is 9.15 Å². The SMILES string of the molecule is Cc1cc(C(=O)OCCc2nc3ccccc3s2)c(C)o1. The fourth-order valence-corrected chi connectivity index (χ4v) is 3.12. The third-order valence-electron chi connectivity index (χ3n) is 3.15. The summed E-state index contributed by atoms with van der Waals surface area (Å²) in [5, 5.41) is 0.976. The second kappa shape index (κ2) is 5.69. The Morgan fingerprint density at radius 2 is 2.14 bits per heavy atom. The molecule has 21 heavy (non-hydrogen) atoms. The van der Waals surface area contributed by atoms with Gasteiger partial charge in [0.2, 0.25) is 0 Å². The van der Waals surface area contributed by atoms with E-state index in [0.717, 1.165) is 15.2 Å². The molecule has 0 N–H and O–H groups in total. The van der Waals surface area contributed by atoms with Crippen molar-refractivity contribution in [3.8, 4) is 0 Å². The van der Waals surface area contributed by atoms with E-state index in [2.05, 4.69) is 4.98 Å². The molecule has 0 aliphatic carbocycles. The molecule has 5 heteroatoms. The summed E-state index contributed by atoms with van der Waals surface area (Å²) in [6, 6.07) is 9.69. The van der Waals surface area contributed by atoms with Gasteiger partial charge in [-0.3, -0.25) is 0 Å². The van der Waals surface area contributed by atoms with Gasteiger partial charge in [-0.2, -0.15) is 0 Å². The first kappa shape index (κ1) is 13.8. The zero-order chi connectivity index (χ0) is 14.8. The van der Waals surface area contributed by atoms with Crippen LogP contribution in [0.5, 0.6) is 0 Å². The van der Waals surface area contributed by atoms with Crippen LogP contribution in [-0.4, -0.2) is 17.6 Å². The molecule has 4 nitrogen and oxygen atoms in total. The van der Waals surface area contributed by atoms with Gasteiger partial charge in [0.1, 0.15) is 17.1 Å². The highest BCUT2D eigenvalue weighted by Crippen LogP contribution is 2.22. The number of hydrogen-bond acceptors (Lipinski definition) is 5. The van der Waals surface area contributed by atoms with Crippen molar-refractivity contribution in [2.45, 2.75) is 20.3 Å². The number of para-hydroxylation sites is 1. The number of fused-ring (bicyclic) bond motifs is 1. The van der Waals surface area contributed by atoms with Crippen molar-refractivity contribution in [1.29, 1.82) is 0 Å². The molecule has 3 aromatic rings. The maximum Gasteiger partial charge on any atom is 0.341 e. The molecule has 0 aliphatic rings. The number of furan rings is 1. The van der Waals surface area contributed by atoms with Crippen LogP contribution in [-0.2, 0) is 11.2 Å². The molecule has 1 aromatic carbocycles. The van der Waals surface area contributed by atoms with Crippen molar-refractivity contribution in [2.75, 3.05) is 6.61 Å². The molecular formula is C16H15NO3S. The Balaban J connectivity index is 1.60. The fourth-order valence-electron chi connectivity index (χ4n) is 2.17. The van der Waals surface area contributed by atoms with Crippen molar-refractivity contribution in [3.05, 3.63) is 52.4 Å². The molecule has 3 rings (SSSR count). The molecule has 0 saturated carbocycles. The van der Waals surface area contributed by atoms with Crippen molar-refractivity contribution in [3.63, 3.8) is 0 Å². The number of rotatable bonds is 4. The van der Waals surface area contributed by atoms with Crippen LogP contribution >= 0.6 is 11.3 Å². The lowest BCUT2D eigenvalue weighted by Crippen LogP contribution is -2.08. The predicted octanol–water partition coefficient (Wildman–Crippen LogP) is 3.91. The highest BCUT2D eigenvalue weighted by molar-refractivity contribution is 7.18. The third-order valence-corrected chi connectivity index (χ3v) is 4.24. The first-order valence-electron chi connectivity index (χ1n) is 6.72. The quantitative estimate of drug-likeness (QED) is 0.686. The molecule has 2 aromatic heterocycles. The van der Waals surface area contributed by atoms with Crippen LogP contribution in [0.3, 0.4) is 0 Å². The molecule has 0 aliphatic heterocycles. The van der Waals surface area contributed by atoms with Crippen molar-refractivity contribution in [1.82, 2.24) is 4.98 Å². The number of esters is 1. The van der Waals surface area contributed by atoms with E-state index in [1.54, 1.807) is 24.3 Å². The van der Waals surface area contributed by atoms with Crippen LogP contribution in [0.2, 0.25) is 0 Å². The number of carbonyl (C=O) groups excluding carboxylic acids is 1. The first-order chi connectivity index (χ1) is 10.1. The molecular weight excluding hydrogens is 286 g/mol. The summed E-state index contributed by atoms with van der Waals surface area (Å²) in [5.41, 5.74) is 1.49. The zero-order valence-corrected chi connectivity index (χ0v) is 12.7. The van der Waals surface area contributed by atoms with Gasteiger partial charge in [-0.25, -0.2) is 9.78 Å². The van der Waals surface area contributed by atoms with E-state index in [1.165, 1.54) is 0 Å². The van der Waals surface area contributed by atoms with Crippen LogP contribution in [0.1, 0.15) is 26.9 Å². The van der Waals surface area contributed by atoms with Gasteiger partial charge >= 0.3 is 5.97 Å². The van der Waals surface area contributed by atoms with Crippen LogP contribution in [0.15, 0.2) is 34.7 Å². The van der Waals surface area contributed by atoms with Gasteiger partial charge in [0.25, 0.3) is 0 Å². The van der Waals surface area contributed by atoms with Gasteiger partial charge in [-0.05, 0) is 32.0 Å². The predicted molar refractivity (Wildman–Crippen MR) is 81.8 cm³/mol. The Kier molecular flexibility index (Phi) is 3.75. The van der Waals surface area contributed by atoms with Gasteiger partial charge in [0.05, 0.1) is 21.8 Å². The standard InChI is InChI=1S/C16H15NO3S/c1-10-9-12(11(2)20-10)16(18)19-8-7-15-17-13-5-3-4-6-14(13)21-15/h3-6,9H,7-8H2,1-2H3. The molecule has 2 heterocycles. The zero-order valence-electron chi connectivity index (χ0n) is 11.9. The molecule has 0 unspecified atom stereocenters. The summed E-state index contributed by atoms with van der Waals surface area (Å²) in [4.78, 5) is 16.5. The number of nitrogens with zero attached hydrogens (tertiary/aromatic N) is 1. The van der Waals surface area contributed by atoms with Gasteiger partial charge < -0.3 is 9.15 Å². The maximum atomic E-state index is 11.9. The van der Waals surface area contributed by atoms with Crippen molar-refractivity contribution < 1.29 is 13.9 Å². The topological polar surface area (TPSA) is 52.3 Å². The largest absolute Gasteiger partial charge is 0.466 e. The summed E-state index contributed by atoms with van der Waals surface area (Å²) < 4.78 is 11.8. The van der Waals surface area contributed by atoms with E-state index in [9.17, 15) is 4.79 Å². The number of hydrogen-bond donors (Lipinski definition) is 0.